The van der Waals surface area contributed by atoms with Crippen LogP contribution in [-0.2, 0) is 11.3 Å². The predicted molar refractivity (Wildman–Crippen MR) is 62.4 cm³/mol. The molecule has 2 aromatic rings. The highest BCUT2D eigenvalue weighted by molar-refractivity contribution is 5.81. The molecule has 17 heavy (non-hydrogen) atoms. The van der Waals surface area contributed by atoms with Gasteiger partial charge >= 0.3 is 5.97 Å². The lowest BCUT2D eigenvalue weighted by molar-refractivity contribution is -0.137. The summed E-state index contributed by atoms with van der Waals surface area (Å²) >= 11 is 0. The summed E-state index contributed by atoms with van der Waals surface area (Å²) in [5, 5.41) is 9.54. The van der Waals surface area contributed by atoms with Gasteiger partial charge in [0.1, 0.15) is 12.3 Å². The van der Waals surface area contributed by atoms with Crippen molar-refractivity contribution in [2.24, 2.45) is 0 Å². The van der Waals surface area contributed by atoms with Gasteiger partial charge in [-0.1, -0.05) is 0 Å². The van der Waals surface area contributed by atoms with Gasteiger partial charge in [-0.3, -0.25) is 14.2 Å². The minimum absolute atomic E-state index is 0.329. The molecule has 5 heteroatoms. The van der Waals surface area contributed by atoms with Crippen LogP contribution in [0.2, 0.25) is 0 Å². The lowest BCUT2D eigenvalue weighted by Gasteiger charge is -2.08. The Morgan fingerprint density at radius 3 is 2.76 bits per heavy atom. The Kier molecular flexibility index (Phi) is 2.82. The smallest absolute Gasteiger partial charge is 0.323 e. The maximum absolute atomic E-state index is 11.6. The minimum Gasteiger partial charge on any atom is -0.497 e. The van der Waals surface area contributed by atoms with Gasteiger partial charge in [0.2, 0.25) is 0 Å². The van der Waals surface area contributed by atoms with Gasteiger partial charge in [-0.15, -0.1) is 0 Å². The highest BCUT2D eigenvalue weighted by Crippen LogP contribution is 2.19. The zero-order chi connectivity index (χ0) is 12.4. The van der Waals surface area contributed by atoms with E-state index in [1.807, 2.05) is 0 Å². The summed E-state index contributed by atoms with van der Waals surface area (Å²) in [5.41, 5.74) is 0.255. The van der Waals surface area contributed by atoms with Gasteiger partial charge in [-0.2, -0.15) is 0 Å². The van der Waals surface area contributed by atoms with Crippen LogP contribution in [0.5, 0.6) is 5.75 Å². The highest BCUT2D eigenvalue weighted by Gasteiger charge is 2.07. The Morgan fingerprint density at radius 2 is 2.12 bits per heavy atom. The van der Waals surface area contributed by atoms with E-state index in [0.29, 0.717) is 11.3 Å². The molecule has 0 unspecified atom stereocenters. The monoisotopic (exact) mass is 233 g/mol. The van der Waals surface area contributed by atoms with Crippen molar-refractivity contribution < 1.29 is 14.6 Å². The highest BCUT2D eigenvalue weighted by atomic mass is 16.5. The molecule has 5 nitrogen and oxygen atoms in total. The maximum atomic E-state index is 11.6. The number of pyridine rings is 1. The predicted octanol–water partition coefficient (Wildman–Crippen LogP) is 1.09. The molecule has 2 rings (SSSR count). The number of nitrogens with zero attached hydrogens (tertiary/aromatic N) is 1. The molecule has 0 spiro atoms. The summed E-state index contributed by atoms with van der Waals surface area (Å²) < 4.78 is 6.29. The molecule has 1 aromatic heterocycles. The van der Waals surface area contributed by atoms with Crippen LogP contribution in [0.25, 0.3) is 10.9 Å². The first-order chi connectivity index (χ1) is 8.11. The molecular weight excluding hydrogens is 222 g/mol. The number of carboxylic acids is 1. The SMILES string of the molecule is COc1ccc2c(ccc(=O)n2CC(=O)O)c1. The number of aromatic nitrogens is 1. The zero-order valence-electron chi connectivity index (χ0n) is 9.21. The van der Waals surface area contributed by atoms with Gasteiger partial charge < -0.3 is 9.84 Å². The van der Waals surface area contributed by atoms with Crippen molar-refractivity contribution in [2.75, 3.05) is 7.11 Å². The van der Waals surface area contributed by atoms with E-state index in [2.05, 4.69) is 0 Å². The molecule has 1 heterocycles. The van der Waals surface area contributed by atoms with E-state index in [1.54, 1.807) is 31.4 Å². The first-order valence-electron chi connectivity index (χ1n) is 5.01. The van der Waals surface area contributed by atoms with Crippen molar-refractivity contribution in [3.8, 4) is 5.75 Å². The number of rotatable bonds is 3. The Balaban J connectivity index is 2.68. The molecule has 0 aliphatic heterocycles. The number of methoxy groups -OCH3 is 1. The van der Waals surface area contributed by atoms with Crippen molar-refractivity contribution in [1.29, 1.82) is 0 Å². The number of carboxylic acid groups (broad SMARTS) is 1. The van der Waals surface area contributed by atoms with Crippen LogP contribution in [0, 0.1) is 0 Å². The molecule has 0 saturated carbocycles. The van der Waals surface area contributed by atoms with Crippen LogP contribution in [0.1, 0.15) is 0 Å². The maximum Gasteiger partial charge on any atom is 0.323 e. The third kappa shape index (κ3) is 2.13. The van der Waals surface area contributed by atoms with E-state index in [0.717, 1.165) is 5.39 Å². The largest absolute Gasteiger partial charge is 0.497 e. The number of hydrogen-bond donors (Lipinski definition) is 1. The molecule has 0 radical (unpaired) electrons. The van der Waals surface area contributed by atoms with Crippen LogP contribution in [0.4, 0.5) is 0 Å². The van der Waals surface area contributed by atoms with Crippen molar-refractivity contribution >= 4 is 16.9 Å². The summed E-state index contributed by atoms with van der Waals surface area (Å²) in [6.07, 6.45) is 0. The van der Waals surface area contributed by atoms with Crippen LogP contribution in [-0.4, -0.2) is 22.8 Å². The quantitative estimate of drug-likeness (QED) is 0.861. The number of aliphatic carboxylic acids is 1. The second-order valence-corrected chi connectivity index (χ2v) is 3.58. The van der Waals surface area contributed by atoms with E-state index < -0.39 is 5.97 Å². The molecule has 0 aliphatic rings. The molecule has 0 aliphatic carbocycles. The second kappa shape index (κ2) is 4.29. The van der Waals surface area contributed by atoms with Crippen LogP contribution >= 0.6 is 0 Å². The summed E-state index contributed by atoms with van der Waals surface area (Å²) in [7, 11) is 1.55. The molecule has 0 fully saturated rings. The number of benzene rings is 1. The fourth-order valence-electron chi connectivity index (χ4n) is 1.71. The van der Waals surface area contributed by atoms with Crippen LogP contribution in [0.3, 0.4) is 0 Å². The van der Waals surface area contributed by atoms with Crippen LogP contribution in [0.15, 0.2) is 35.1 Å². The van der Waals surface area contributed by atoms with Crippen LogP contribution < -0.4 is 10.3 Å². The van der Waals surface area contributed by atoms with Crippen molar-refractivity contribution in [3.63, 3.8) is 0 Å². The molecule has 88 valence electrons. The first kappa shape index (κ1) is 11.2. The number of ether oxygens (including phenoxy) is 1. The van der Waals surface area contributed by atoms with E-state index >= 15 is 0 Å². The van der Waals surface area contributed by atoms with Crippen molar-refractivity contribution in [3.05, 3.63) is 40.7 Å². The van der Waals surface area contributed by atoms with Gasteiger partial charge in [-0.25, -0.2) is 0 Å². The van der Waals surface area contributed by atoms with E-state index in [9.17, 15) is 9.59 Å². The molecule has 1 N–H and O–H groups in total. The Hall–Kier alpha value is -2.30. The lowest BCUT2D eigenvalue weighted by atomic mass is 10.2. The molecule has 0 saturated heterocycles. The summed E-state index contributed by atoms with van der Waals surface area (Å²) in [4.78, 5) is 22.3. The Morgan fingerprint density at radius 1 is 1.35 bits per heavy atom. The summed E-state index contributed by atoms with van der Waals surface area (Å²) in [6, 6.07) is 8.13. The fraction of sp³-hybridized carbons (Fsp3) is 0.167. The van der Waals surface area contributed by atoms with Gasteiger partial charge in [0.05, 0.1) is 12.6 Å². The lowest BCUT2D eigenvalue weighted by Crippen LogP contribution is -2.23. The summed E-state index contributed by atoms with van der Waals surface area (Å²) in [5.74, 6) is -0.381. The fourth-order valence-corrected chi connectivity index (χ4v) is 1.71. The number of fused-ring (bicyclic) bond motifs is 1. The summed E-state index contributed by atoms with van der Waals surface area (Å²) in [6.45, 7) is -0.345. The van der Waals surface area contributed by atoms with Gasteiger partial charge in [0, 0.05) is 11.5 Å². The third-order valence-electron chi connectivity index (χ3n) is 2.49. The van der Waals surface area contributed by atoms with Gasteiger partial charge in [-0.05, 0) is 24.3 Å². The van der Waals surface area contributed by atoms with Crippen molar-refractivity contribution in [2.45, 2.75) is 6.54 Å². The topological polar surface area (TPSA) is 68.5 Å². The normalized spacial score (nSPS) is 10.4. The average molecular weight is 233 g/mol. The third-order valence-corrected chi connectivity index (χ3v) is 2.49. The van der Waals surface area contributed by atoms with Crippen molar-refractivity contribution in [1.82, 2.24) is 4.57 Å². The number of hydrogen-bond acceptors (Lipinski definition) is 3. The standard InChI is InChI=1S/C12H11NO4/c1-17-9-3-4-10-8(6-9)2-5-11(14)13(10)7-12(15)16/h2-6H,7H2,1H3,(H,15,16). The van der Waals surface area contributed by atoms with E-state index in [4.69, 9.17) is 9.84 Å². The molecule has 0 amide bonds. The minimum atomic E-state index is -1.05. The zero-order valence-corrected chi connectivity index (χ0v) is 9.21. The molecular formula is C12H11NO4. The van der Waals surface area contributed by atoms with Gasteiger partial charge in [0.15, 0.2) is 0 Å². The first-order valence-corrected chi connectivity index (χ1v) is 5.01. The Labute approximate surface area is 96.9 Å². The Bertz CT molecular complexity index is 630. The van der Waals surface area contributed by atoms with E-state index in [-0.39, 0.29) is 12.1 Å². The van der Waals surface area contributed by atoms with Gasteiger partial charge in [0.25, 0.3) is 5.56 Å². The number of carbonyl (C=O) groups is 1. The molecule has 1 aromatic carbocycles. The molecule has 0 atom stereocenters. The average Bonchev–Trinajstić information content (AvgIpc) is 2.32. The van der Waals surface area contributed by atoms with E-state index in [1.165, 1.54) is 10.6 Å². The second-order valence-electron chi connectivity index (χ2n) is 3.58. The molecule has 0 bridgehead atoms.